The molecule has 3 aromatic rings. The van der Waals surface area contributed by atoms with E-state index in [4.69, 9.17) is 27.6 Å². The molecule has 0 aliphatic carbocycles. The number of hydrogen-bond acceptors (Lipinski definition) is 4. The summed E-state index contributed by atoms with van der Waals surface area (Å²) < 4.78 is 5.64. The van der Waals surface area contributed by atoms with Crippen molar-refractivity contribution in [2.45, 2.75) is 13.5 Å². The molecular weight excluding hydrogens is 321 g/mol. The quantitative estimate of drug-likeness (QED) is 0.732. The molecule has 0 unspecified atom stereocenters. The van der Waals surface area contributed by atoms with Crippen LogP contribution in [0.1, 0.15) is 11.5 Å². The van der Waals surface area contributed by atoms with Gasteiger partial charge in [0.1, 0.15) is 0 Å². The van der Waals surface area contributed by atoms with E-state index in [-0.39, 0.29) is 0 Å². The Labute approximate surface area is 138 Å². The lowest BCUT2D eigenvalue weighted by Gasteiger charge is -2.07. The molecule has 0 amide bonds. The predicted molar refractivity (Wildman–Crippen MR) is 88.3 cm³/mol. The lowest BCUT2D eigenvalue weighted by molar-refractivity contribution is 0.515. The minimum absolute atomic E-state index is 0.425. The molecule has 0 fully saturated rings. The lowest BCUT2D eigenvalue weighted by Crippen LogP contribution is -2.01. The molecular formula is C16H13Cl2N3O. The van der Waals surface area contributed by atoms with Gasteiger partial charge >= 0.3 is 0 Å². The topological polar surface area (TPSA) is 51.0 Å². The molecule has 0 saturated carbocycles. The highest BCUT2D eigenvalue weighted by atomic mass is 35.5. The van der Waals surface area contributed by atoms with E-state index in [9.17, 15) is 0 Å². The van der Waals surface area contributed by atoms with E-state index < -0.39 is 0 Å². The van der Waals surface area contributed by atoms with Gasteiger partial charge in [-0.3, -0.25) is 0 Å². The van der Waals surface area contributed by atoms with Crippen LogP contribution in [0.4, 0.5) is 5.69 Å². The Kier molecular flexibility index (Phi) is 4.32. The molecule has 6 heteroatoms. The summed E-state index contributed by atoms with van der Waals surface area (Å²) >= 11 is 12.0. The highest BCUT2D eigenvalue weighted by molar-refractivity contribution is 6.31. The van der Waals surface area contributed by atoms with Gasteiger partial charge in [0.25, 0.3) is 0 Å². The van der Waals surface area contributed by atoms with E-state index in [1.54, 1.807) is 12.1 Å². The van der Waals surface area contributed by atoms with Gasteiger partial charge in [0, 0.05) is 21.3 Å². The molecule has 4 nitrogen and oxygen atoms in total. The Morgan fingerprint density at radius 2 is 1.86 bits per heavy atom. The molecule has 0 aliphatic rings. The van der Waals surface area contributed by atoms with Crippen molar-refractivity contribution in [3.8, 4) is 11.5 Å². The van der Waals surface area contributed by atoms with Crippen LogP contribution in [0.15, 0.2) is 46.9 Å². The Morgan fingerprint density at radius 3 is 2.68 bits per heavy atom. The number of halogens is 2. The number of anilines is 1. The first kappa shape index (κ1) is 14.9. The van der Waals surface area contributed by atoms with Crippen LogP contribution < -0.4 is 5.32 Å². The van der Waals surface area contributed by atoms with Crippen molar-refractivity contribution in [3.05, 3.63) is 64.0 Å². The second kappa shape index (κ2) is 6.38. The molecule has 22 heavy (non-hydrogen) atoms. The maximum Gasteiger partial charge on any atom is 0.247 e. The van der Waals surface area contributed by atoms with Gasteiger partial charge in [0.2, 0.25) is 11.8 Å². The summed E-state index contributed by atoms with van der Waals surface area (Å²) in [5.41, 5.74) is 2.83. The monoisotopic (exact) mass is 333 g/mol. The molecule has 2 aromatic carbocycles. The van der Waals surface area contributed by atoms with Gasteiger partial charge in [0.05, 0.1) is 6.54 Å². The molecule has 0 bridgehead atoms. The predicted octanol–water partition coefficient (Wildman–Crippen LogP) is 4.96. The highest BCUT2D eigenvalue weighted by Crippen LogP contribution is 2.23. The molecule has 112 valence electrons. The van der Waals surface area contributed by atoms with Crippen LogP contribution in [0.2, 0.25) is 10.0 Å². The number of hydrogen-bond donors (Lipinski definition) is 1. The summed E-state index contributed by atoms with van der Waals surface area (Å²) in [6.45, 7) is 2.43. The third-order valence-electron chi connectivity index (χ3n) is 3.17. The summed E-state index contributed by atoms with van der Waals surface area (Å²) in [7, 11) is 0. The minimum atomic E-state index is 0.425. The van der Waals surface area contributed by atoms with Crippen molar-refractivity contribution in [3.63, 3.8) is 0 Å². The van der Waals surface area contributed by atoms with E-state index in [1.165, 1.54) is 0 Å². The summed E-state index contributed by atoms with van der Waals surface area (Å²) in [6, 6.07) is 13.0. The number of aromatic nitrogens is 2. The first-order valence-corrected chi connectivity index (χ1v) is 7.46. The van der Waals surface area contributed by atoms with Gasteiger partial charge in [-0.15, -0.1) is 10.2 Å². The Morgan fingerprint density at radius 1 is 1.05 bits per heavy atom. The maximum atomic E-state index is 5.99. The summed E-state index contributed by atoms with van der Waals surface area (Å²) in [5.74, 6) is 0.941. The molecule has 0 atom stereocenters. The summed E-state index contributed by atoms with van der Waals surface area (Å²) in [4.78, 5) is 0. The van der Waals surface area contributed by atoms with E-state index in [2.05, 4.69) is 15.5 Å². The van der Waals surface area contributed by atoms with Gasteiger partial charge in [-0.1, -0.05) is 35.3 Å². The standard InChI is InChI=1S/C16H13Cl2N3O/c1-10-5-6-13(18)8-14(10)19-9-15-20-21-16(22-15)11-3-2-4-12(17)7-11/h2-8,19H,9H2,1H3. The van der Waals surface area contributed by atoms with E-state index in [0.717, 1.165) is 16.8 Å². The zero-order valence-corrected chi connectivity index (χ0v) is 13.3. The van der Waals surface area contributed by atoms with Crippen LogP contribution in [0, 0.1) is 6.92 Å². The van der Waals surface area contributed by atoms with Gasteiger partial charge in [0.15, 0.2) is 0 Å². The normalized spacial score (nSPS) is 10.7. The average Bonchev–Trinajstić information content (AvgIpc) is 2.97. The van der Waals surface area contributed by atoms with Crippen molar-refractivity contribution in [2.75, 3.05) is 5.32 Å². The molecule has 0 radical (unpaired) electrons. The Bertz CT molecular complexity index is 802. The van der Waals surface area contributed by atoms with Crippen molar-refractivity contribution in [1.82, 2.24) is 10.2 Å². The van der Waals surface area contributed by atoms with E-state index in [1.807, 2.05) is 37.3 Å². The number of nitrogens with one attached hydrogen (secondary N) is 1. The third kappa shape index (κ3) is 3.40. The lowest BCUT2D eigenvalue weighted by atomic mass is 10.2. The zero-order valence-electron chi connectivity index (χ0n) is 11.8. The van der Waals surface area contributed by atoms with Crippen LogP contribution in [-0.2, 0) is 6.54 Å². The van der Waals surface area contributed by atoms with Gasteiger partial charge < -0.3 is 9.73 Å². The smallest absolute Gasteiger partial charge is 0.247 e. The fraction of sp³-hybridized carbons (Fsp3) is 0.125. The van der Waals surface area contributed by atoms with Crippen LogP contribution >= 0.6 is 23.2 Å². The fourth-order valence-electron chi connectivity index (χ4n) is 2.02. The van der Waals surface area contributed by atoms with Gasteiger partial charge in [-0.25, -0.2) is 0 Å². The average molecular weight is 334 g/mol. The van der Waals surface area contributed by atoms with Crippen LogP contribution in [0.25, 0.3) is 11.5 Å². The second-order valence-electron chi connectivity index (χ2n) is 4.82. The Hall–Kier alpha value is -2.04. The van der Waals surface area contributed by atoms with Crippen molar-refractivity contribution < 1.29 is 4.42 Å². The number of nitrogens with zero attached hydrogens (tertiary/aromatic N) is 2. The molecule has 0 spiro atoms. The first-order valence-electron chi connectivity index (χ1n) is 6.70. The largest absolute Gasteiger partial charge is 0.419 e. The van der Waals surface area contributed by atoms with Crippen molar-refractivity contribution in [2.24, 2.45) is 0 Å². The van der Waals surface area contributed by atoms with Crippen molar-refractivity contribution >= 4 is 28.9 Å². The van der Waals surface area contributed by atoms with E-state index in [0.29, 0.717) is 28.4 Å². The molecule has 3 rings (SSSR count). The number of benzene rings is 2. The van der Waals surface area contributed by atoms with Gasteiger partial charge in [-0.05, 0) is 42.8 Å². The number of rotatable bonds is 4. The van der Waals surface area contributed by atoms with Crippen LogP contribution in [0.3, 0.4) is 0 Å². The molecule has 1 N–H and O–H groups in total. The molecule has 1 heterocycles. The summed E-state index contributed by atoms with van der Waals surface area (Å²) in [5, 5.41) is 12.6. The zero-order chi connectivity index (χ0) is 15.5. The van der Waals surface area contributed by atoms with E-state index >= 15 is 0 Å². The minimum Gasteiger partial charge on any atom is -0.419 e. The summed E-state index contributed by atoms with van der Waals surface area (Å²) in [6.07, 6.45) is 0. The molecule has 1 aromatic heterocycles. The van der Waals surface area contributed by atoms with Gasteiger partial charge in [-0.2, -0.15) is 0 Å². The fourth-order valence-corrected chi connectivity index (χ4v) is 2.38. The number of aryl methyl sites for hydroxylation is 1. The Balaban J connectivity index is 1.73. The van der Waals surface area contributed by atoms with Crippen molar-refractivity contribution in [1.29, 1.82) is 0 Å². The highest BCUT2D eigenvalue weighted by Gasteiger charge is 2.09. The molecule has 0 saturated heterocycles. The van der Waals surface area contributed by atoms with Crippen LogP contribution in [0.5, 0.6) is 0 Å². The molecule has 0 aliphatic heterocycles. The van der Waals surface area contributed by atoms with Crippen LogP contribution in [-0.4, -0.2) is 10.2 Å². The third-order valence-corrected chi connectivity index (χ3v) is 3.64. The SMILES string of the molecule is Cc1ccc(Cl)cc1NCc1nnc(-c2cccc(Cl)c2)o1. The second-order valence-corrected chi connectivity index (χ2v) is 5.70. The first-order chi connectivity index (χ1) is 10.6. The maximum absolute atomic E-state index is 5.99.